The predicted octanol–water partition coefficient (Wildman–Crippen LogP) is 5.29. The number of thioether (sulfide) groups is 2. The van der Waals surface area contributed by atoms with Gasteiger partial charge in [-0.1, -0.05) is 64.7 Å². The van der Waals surface area contributed by atoms with E-state index in [2.05, 4.69) is 22.1 Å². The molecule has 24 heavy (non-hydrogen) atoms. The Bertz CT molecular complexity index is 748. The van der Waals surface area contributed by atoms with Crippen molar-refractivity contribution in [2.24, 2.45) is 0 Å². The van der Waals surface area contributed by atoms with Gasteiger partial charge in [0.25, 0.3) is 0 Å². The van der Waals surface area contributed by atoms with Crippen molar-refractivity contribution in [1.29, 1.82) is 0 Å². The van der Waals surface area contributed by atoms with E-state index in [1.807, 2.05) is 26.8 Å². The van der Waals surface area contributed by atoms with E-state index < -0.39 is 0 Å². The number of carbonyl (C=O) groups is 1. The van der Waals surface area contributed by atoms with Gasteiger partial charge in [-0.2, -0.15) is 0 Å². The van der Waals surface area contributed by atoms with Crippen LogP contribution in [-0.4, -0.2) is 27.1 Å². The molecule has 0 saturated heterocycles. The first-order chi connectivity index (χ1) is 11.3. The predicted molar refractivity (Wildman–Crippen MR) is 106 cm³/mol. The van der Waals surface area contributed by atoms with Crippen molar-refractivity contribution in [2.45, 2.75) is 34.7 Å². The molecule has 0 aliphatic carbocycles. The maximum Gasteiger partial charge on any atom is 0.237 e. The number of aryl methyl sites for hydroxylation is 1. The van der Waals surface area contributed by atoms with Gasteiger partial charge in [-0.15, -0.1) is 10.2 Å². The molecule has 0 radical (unpaired) electrons. The minimum Gasteiger partial charge on any atom is -0.325 e. The fourth-order valence-electron chi connectivity index (χ4n) is 1.66. The first-order valence-corrected chi connectivity index (χ1v) is 10.3. The van der Waals surface area contributed by atoms with Crippen LogP contribution in [0.3, 0.4) is 0 Å². The Morgan fingerprint density at radius 3 is 2.83 bits per heavy atom. The van der Waals surface area contributed by atoms with Crippen LogP contribution >= 0.6 is 46.5 Å². The molecular weight excluding hydrogens is 382 g/mol. The highest BCUT2D eigenvalue weighted by atomic mass is 35.5. The van der Waals surface area contributed by atoms with Crippen molar-refractivity contribution in [2.75, 3.05) is 11.1 Å². The Labute approximate surface area is 159 Å². The highest BCUT2D eigenvalue weighted by Gasteiger charge is 2.18. The summed E-state index contributed by atoms with van der Waals surface area (Å²) in [7, 11) is 0. The van der Waals surface area contributed by atoms with Crippen molar-refractivity contribution in [3.63, 3.8) is 0 Å². The molecular formula is C16H18ClN3OS3. The molecule has 1 N–H and O–H groups in total. The molecule has 1 heterocycles. The number of hydrogen-bond acceptors (Lipinski definition) is 6. The first-order valence-electron chi connectivity index (χ1n) is 7.19. The Kier molecular flexibility index (Phi) is 7.16. The molecule has 4 nitrogen and oxygen atoms in total. The molecule has 1 aromatic carbocycles. The molecule has 0 aliphatic heterocycles. The summed E-state index contributed by atoms with van der Waals surface area (Å²) in [5.74, 6) is 0.736. The summed E-state index contributed by atoms with van der Waals surface area (Å²) < 4.78 is 1.67. The number of anilines is 1. The van der Waals surface area contributed by atoms with Crippen LogP contribution in [0.15, 0.2) is 39.0 Å². The summed E-state index contributed by atoms with van der Waals surface area (Å²) >= 11 is 10.5. The van der Waals surface area contributed by atoms with Gasteiger partial charge in [0.1, 0.15) is 0 Å². The SMILES string of the molecule is C=C(C)CSc1nnc(S[C@H](C)C(=O)Nc2cc(Cl)ccc2C)s1. The van der Waals surface area contributed by atoms with E-state index in [0.717, 1.165) is 31.3 Å². The zero-order valence-corrected chi connectivity index (χ0v) is 16.8. The molecule has 128 valence electrons. The van der Waals surface area contributed by atoms with E-state index in [4.69, 9.17) is 11.6 Å². The van der Waals surface area contributed by atoms with Crippen LogP contribution in [0, 0.1) is 6.92 Å². The fourth-order valence-corrected chi connectivity index (χ4v) is 4.84. The Hall–Kier alpha value is -1.02. The van der Waals surface area contributed by atoms with Gasteiger partial charge in [0.05, 0.1) is 5.25 Å². The monoisotopic (exact) mass is 399 g/mol. The van der Waals surface area contributed by atoms with Crippen molar-refractivity contribution in [3.05, 3.63) is 40.9 Å². The third-order valence-corrected chi connectivity index (χ3v) is 6.64. The summed E-state index contributed by atoms with van der Waals surface area (Å²) in [6.07, 6.45) is 0. The second-order valence-electron chi connectivity index (χ2n) is 5.29. The van der Waals surface area contributed by atoms with Gasteiger partial charge >= 0.3 is 0 Å². The average molecular weight is 400 g/mol. The molecule has 8 heteroatoms. The zero-order chi connectivity index (χ0) is 17.7. The van der Waals surface area contributed by atoms with Crippen molar-refractivity contribution in [1.82, 2.24) is 10.2 Å². The van der Waals surface area contributed by atoms with E-state index in [-0.39, 0.29) is 11.2 Å². The molecule has 0 fully saturated rings. The van der Waals surface area contributed by atoms with Crippen molar-refractivity contribution >= 4 is 58.1 Å². The largest absolute Gasteiger partial charge is 0.325 e. The summed E-state index contributed by atoms with van der Waals surface area (Å²) in [6, 6.07) is 5.44. The number of nitrogens with zero attached hydrogens (tertiary/aromatic N) is 2. The lowest BCUT2D eigenvalue weighted by molar-refractivity contribution is -0.115. The zero-order valence-electron chi connectivity index (χ0n) is 13.6. The van der Waals surface area contributed by atoms with Gasteiger partial charge in [0.2, 0.25) is 5.91 Å². The van der Waals surface area contributed by atoms with Crippen LogP contribution in [0.4, 0.5) is 5.69 Å². The molecule has 2 aromatic rings. The number of amides is 1. The lowest BCUT2D eigenvalue weighted by Gasteiger charge is -2.12. The Morgan fingerprint density at radius 2 is 2.12 bits per heavy atom. The molecule has 2 rings (SSSR count). The number of carbonyl (C=O) groups excluding carboxylic acids is 1. The van der Waals surface area contributed by atoms with Crippen LogP contribution < -0.4 is 5.32 Å². The van der Waals surface area contributed by atoms with Crippen LogP contribution in [0.5, 0.6) is 0 Å². The standard InChI is InChI=1S/C16H18ClN3OS3/c1-9(2)8-22-15-19-20-16(24-15)23-11(4)14(21)18-13-7-12(17)6-5-10(13)3/h5-7,11H,1,8H2,2-4H3,(H,18,21)/t11-/m1/s1. The smallest absolute Gasteiger partial charge is 0.237 e. The van der Waals surface area contributed by atoms with Gasteiger partial charge in [-0.25, -0.2) is 0 Å². The third-order valence-electron chi connectivity index (χ3n) is 2.93. The van der Waals surface area contributed by atoms with E-state index in [0.29, 0.717) is 5.02 Å². The second kappa shape index (κ2) is 8.89. The third kappa shape index (κ3) is 5.81. The maximum absolute atomic E-state index is 12.4. The lowest BCUT2D eigenvalue weighted by Crippen LogP contribution is -2.22. The molecule has 1 amide bonds. The number of nitrogens with one attached hydrogen (secondary N) is 1. The minimum atomic E-state index is -0.282. The molecule has 0 aliphatic rings. The molecule has 0 spiro atoms. The van der Waals surface area contributed by atoms with Crippen LogP contribution in [0.2, 0.25) is 5.02 Å². The van der Waals surface area contributed by atoms with Crippen LogP contribution in [-0.2, 0) is 4.79 Å². The maximum atomic E-state index is 12.4. The van der Waals surface area contributed by atoms with Crippen molar-refractivity contribution < 1.29 is 4.79 Å². The highest BCUT2D eigenvalue weighted by Crippen LogP contribution is 2.32. The molecule has 0 unspecified atom stereocenters. The van der Waals surface area contributed by atoms with Gasteiger partial charge < -0.3 is 5.32 Å². The second-order valence-corrected chi connectivity index (χ2v) is 9.51. The Balaban J connectivity index is 1.94. The minimum absolute atomic E-state index is 0.0864. The number of halogens is 1. The molecule has 1 aromatic heterocycles. The quantitative estimate of drug-likeness (QED) is 0.506. The average Bonchev–Trinajstić information content (AvgIpc) is 2.96. The van der Waals surface area contributed by atoms with Gasteiger partial charge in [-0.05, 0) is 38.5 Å². The topological polar surface area (TPSA) is 54.9 Å². The van der Waals surface area contributed by atoms with E-state index in [1.165, 1.54) is 23.1 Å². The Morgan fingerprint density at radius 1 is 1.42 bits per heavy atom. The summed E-state index contributed by atoms with van der Waals surface area (Å²) in [4.78, 5) is 12.4. The van der Waals surface area contributed by atoms with Gasteiger partial charge in [0.15, 0.2) is 8.68 Å². The molecule has 0 saturated carbocycles. The number of rotatable bonds is 7. The highest BCUT2D eigenvalue weighted by molar-refractivity contribution is 8.04. The van der Waals surface area contributed by atoms with Crippen molar-refractivity contribution in [3.8, 4) is 0 Å². The number of benzene rings is 1. The number of aromatic nitrogens is 2. The first kappa shape index (κ1) is 19.3. The van der Waals surface area contributed by atoms with E-state index >= 15 is 0 Å². The molecule has 0 bridgehead atoms. The molecule has 1 atom stereocenters. The van der Waals surface area contributed by atoms with Crippen LogP contribution in [0.25, 0.3) is 0 Å². The van der Waals surface area contributed by atoms with E-state index in [1.54, 1.807) is 23.9 Å². The lowest BCUT2D eigenvalue weighted by atomic mass is 10.2. The summed E-state index contributed by atoms with van der Waals surface area (Å²) in [5, 5.41) is 11.5. The summed E-state index contributed by atoms with van der Waals surface area (Å²) in [6.45, 7) is 9.63. The van der Waals surface area contributed by atoms with Gasteiger partial charge in [0, 0.05) is 16.5 Å². The van der Waals surface area contributed by atoms with E-state index in [9.17, 15) is 4.79 Å². The number of hydrogen-bond donors (Lipinski definition) is 1. The summed E-state index contributed by atoms with van der Waals surface area (Å²) in [5.41, 5.74) is 2.79. The van der Waals surface area contributed by atoms with Crippen LogP contribution in [0.1, 0.15) is 19.4 Å². The van der Waals surface area contributed by atoms with Gasteiger partial charge in [-0.3, -0.25) is 4.79 Å². The normalized spacial score (nSPS) is 12.0. The fraction of sp³-hybridized carbons (Fsp3) is 0.312.